The standard InChI is InChI=1S/C42H49N5O5S/c1-44(2)53(50,51)43-40(48)29-14-18-34-37(20-29)46-26-42(41(49)47-30-15-16-31(47)25-45(24-30)23-27-10-6-4-7-11-27)22-36(42)35-21-32(52-3)17-19-33(35)39(46)38(34)28-12-8-5-9-13-28/h4,6-7,10-11,14,17-21,28,30-31,36H,5,8-9,12-13,15-16,22-26H2,1-3H3,(H,43,48). The van der Waals surface area contributed by atoms with E-state index in [1.807, 2.05) is 18.2 Å². The van der Waals surface area contributed by atoms with Gasteiger partial charge in [-0.1, -0.05) is 55.7 Å². The molecule has 1 N–H and O–H groups in total. The largest absolute Gasteiger partial charge is 0.497 e. The van der Waals surface area contributed by atoms with Gasteiger partial charge in [-0.15, -0.1) is 0 Å². The van der Waals surface area contributed by atoms with Gasteiger partial charge in [0.2, 0.25) is 5.91 Å². The summed E-state index contributed by atoms with van der Waals surface area (Å²) < 4.78 is 36.7. The fourth-order valence-corrected chi connectivity index (χ4v) is 10.8. The lowest BCUT2D eigenvalue weighted by molar-refractivity contribution is -0.143. The number of nitrogens with one attached hydrogen (secondary N) is 1. The molecule has 4 heterocycles. The van der Waals surface area contributed by atoms with E-state index in [1.165, 1.54) is 50.0 Å². The first kappa shape index (κ1) is 34.6. The molecule has 4 unspecified atom stereocenters. The van der Waals surface area contributed by atoms with Gasteiger partial charge in [0, 0.05) is 80.3 Å². The zero-order valence-electron chi connectivity index (χ0n) is 30.9. The highest BCUT2D eigenvalue weighted by Gasteiger charge is 2.65. The van der Waals surface area contributed by atoms with Crippen LogP contribution >= 0.6 is 0 Å². The Labute approximate surface area is 312 Å². The quantitative estimate of drug-likeness (QED) is 0.229. The summed E-state index contributed by atoms with van der Waals surface area (Å²) in [6.45, 7) is 3.16. The van der Waals surface area contributed by atoms with E-state index in [1.54, 1.807) is 13.2 Å². The highest BCUT2D eigenvalue weighted by molar-refractivity contribution is 7.87. The van der Waals surface area contributed by atoms with E-state index in [2.05, 4.69) is 61.6 Å². The molecule has 0 radical (unpaired) electrons. The van der Waals surface area contributed by atoms with Crippen molar-refractivity contribution >= 4 is 32.9 Å². The van der Waals surface area contributed by atoms with E-state index < -0.39 is 21.5 Å². The summed E-state index contributed by atoms with van der Waals surface area (Å²) in [5.41, 5.74) is 6.56. The average Bonchev–Trinajstić information content (AvgIpc) is 3.75. The molecule has 1 aromatic heterocycles. The van der Waals surface area contributed by atoms with Crippen LogP contribution in [-0.2, 0) is 28.1 Å². The Balaban J connectivity index is 1.15. The van der Waals surface area contributed by atoms with Crippen LogP contribution in [0.25, 0.3) is 22.2 Å². The third-order valence-corrected chi connectivity index (χ3v) is 14.4. The van der Waals surface area contributed by atoms with Gasteiger partial charge < -0.3 is 14.2 Å². The fourth-order valence-electron chi connectivity index (χ4n) is 10.2. The summed E-state index contributed by atoms with van der Waals surface area (Å²) >= 11 is 0. The Hall–Kier alpha value is -4.19. The lowest BCUT2D eigenvalue weighted by Crippen LogP contribution is -2.57. The van der Waals surface area contributed by atoms with Gasteiger partial charge in [0.15, 0.2) is 0 Å². The van der Waals surface area contributed by atoms with Gasteiger partial charge in [0.05, 0.1) is 18.2 Å². The zero-order valence-corrected chi connectivity index (χ0v) is 31.7. The maximum atomic E-state index is 15.3. The minimum atomic E-state index is -3.98. The van der Waals surface area contributed by atoms with Crippen LogP contribution in [0.3, 0.4) is 0 Å². The molecule has 2 aliphatic carbocycles. The molecule has 2 amide bonds. The lowest BCUT2D eigenvalue weighted by atomic mass is 9.81. The van der Waals surface area contributed by atoms with E-state index in [4.69, 9.17) is 4.74 Å². The van der Waals surface area contributed by atoms with Crippen molar-refractivity contribution in [2.24, 2.45) is 5.41 Å². The van der Waals surface area contributed by atoms with E-state index >= 15 is 4.79 Å². The average molecular weight is 736 g/mol. The van der Waals surface area contributed by atoms with Gasteiger partial charge in [-0.3, -0.25) is 14.5 Å². The van der Waals surface area contributed by atoms with E-state index in [0.717, 1.165) is 84.0 Å². The number of likely N-dealkylation sites (tertiary alicyclic amines) is 1. The number of nitrogens with zero attached hydrogens (tertiary/aromatic N) is 4. The lowest BCUT2D eigenvalue weighted by Gasteiger charge is -2.43. The number of carbonyl (C=O) groups excluding carboxylic acids is 2. The topological polar surface area (TPSA) is 104 Å². The van der Waals surface area contributed by atoms with Crippen molar-refractivity contribution < 1.29 is 22.7 Å². The second kappa shape index (κ2) is 13.0. The molecule has 4 atom stereocenters. The van der Waals surface area contributed by atoms with Gasteiger partial charge >= 0.3 is 10.2 Å². The number of methoxy groups -OCH3 is 1. The van der Waals surface area contributed by atoms with Crippen molar-refractivity contribution in [2.45, 2.75) is 88.4 Å². The number of benzene rings is 3. The monoisotopic (exact) mass is 735 g/mol. The molecule has 2 saturated heterocycles. The number of amides is 2. The number of piperazine rings is 1. The first-order chi connectivity index (χ1) is 25.6. The molecule has 4 aromatic rings. The summed E-state index contributed by atoms with van der Waals surface area (Å²) in [6.07, 6.45) is 8.53. The molecule has 10 nitrogen and oxygen atoms in total. The molecule has 0 spiro atoms. The Morgan fingerprint density at radius 1 is 0.925 bits per heavy atom. The first-order valence-electron chi connectivity index (χ1n) is 19.3. The van der Waals surface area contributed by atoms with Gasteiger partial charge in [-0.05, 0) is 85.0 Å². The number of fused-ring (bicyclic) bond motifs is 9. The molecule has 5 aliphatic rings. The maximum Gasteiger partial charge on any atom is 0.303 e. The second-order valence-corrected chi connectivity index (χ2v) is 18.2. The van der Waals surface area contributed by atoms with Crippen molar-refractivity contribution in [3.05, 3.63) is 89.0 Å². The Kier molecular flexibility index (Phi) is 8.47. The fraction of sp³-hybridized carbons (Fsp3) is 0.476. The highest BCUT2D eigenvalue weighted by Crippen LogP contribution is 2.66. The molecule has 4 fully saturated rings. The van der Waals surface area contributed by atoms with Gasteiger partial charge in [-0.25, -0.2) is 4.72 Å². The summed E-state index contributed by atoms with van der Waals surface area (Å²) in [6, 6.07) is 22.9. The third kappa shape index (κ3) is 5.77. The van der Waals surface area contributed by atoms with E-state index in [9.17, 15) is 13.2 Å². The number of ether oxygens (including phenoxy) is 1. The molecule has 278 valence electrons. The Morgan fingerprint density at radius 3 is 2.36 bits per heavy atom. The summed E-state index contributed by atoms with van der Waals surface area (Å²) in [4.78, 5) is 33.6. The number of hydrogen-bond donors (Lipinski definition) is 1. The first-order valence-corrected chi connectivity index (χ1v) is 20.7. The van der Waals surface area contributed by atoms with Crippen LogP contribution in [0.5, 0.6) is 5.75 Å². The molecule has 2 saturated carbocycles. The Bertz CT molecular complexity index is 2200. The van der Waals surface area contributed by atoms with Crippen LogP contribution < -0.4 is 9.46 Å². The van der Waals surface area contributed by atoms with Crippen molar-refractivity contribution in [3.8, 4) is 17.0 Å². The number of rotatable bonds is 8. The number of carbonyl (C=O) groups is 2. The number of aromatic nitrogens is 1. The summed E-state index contributed by atoms with van der Waals surface area (Å²) in [7, 11) is 0.508. The van der Waals surface area contributed by atoms with E-state index in [-0.39, 0.29) is 29.5 Å². The SMILES string of the molecule is COc1ccc2c(c1)C1CC1(C(=O)N1C3CCC1CN(Cc1ccccc1)C3)Cn1c-2c(C2CCCCC2)c2ccc(C(=O)NS(=O)(=O)N(C)C)cc21. The predicted octanol–water partition coefficient (Wildman–Crippen LogP) is 6.26. The van der Waals surface area contributed by atoms with Crippen LogP contribution in [0, 0.1) is 5.41 Å². The molecular formula is C42H49N5O5S. The normalized spacial score (nSPS) is 25.4. The predicted molar refractivity (Wildman–Crippen MR) is 205 cm³/mol. The molecule has 11 heteroatoms. The van der Waals surface area contributed by atoms with Crippen LogP contribution in [0.1, 0.15) is 90.3 Å². The molecular weight excluding hydrogens is 687 g/mol. The minimum absolute atomic E-state index is 0.0488. The van der Waals surface area contributed by atoms with Crippen LogP contribution in [-0.4, -0.2) is 85.3 Å². The van der Waals surface area contributed by atoms with Gasteiger partial charge in [-0.2, -0.15) is 12.7 Å². The van der Waals surface area contributed by atoms with E-state index in [0.29, 0.717) is 12.5 Å². The van der Waals surface area contributed by atoms with Crippen LogP contribution in [0.4, 0.5) is 0 Å². The molecule has 3 aliphatic heterocycles. The summed E-state index contributed by atoms with van der Waals surface area (Å²) in [5, 5.41) is 1.08. The van der Waals surface area contributed by atoms with Crippen molar-refractivity contribution in [2.75, 3.05) is 34.3 Å². The van der Waals surface area contributed by atoms with Crippen LogP contribution in [0.15, 0.2) is 66.7 Å². The molecule has 3 aromatic carbocycles. The highest BCUT2D eigenvalue weighted by atomic mass is 32.2. The zero-order chi connectivity index (χ0) is 36.6. The van der Waals surface area contributed by atoms with Crippen LogP contribution in [0.2, 0.25) is 0 Å². The molecule has 53 heavy (non-hydrogen) atoms. The molecule has 9 rings (SSSR count). The Morgan fingerprint density at radius 2 is 1.66 bits per heavy atom. The van der Waals surface area contributed by atoms with Gasteiger partial charge in [0.1, 0.15) is 5.75 Å². The second-order valence-electron chi connectivity index (χ2n) is 16.3. The smallest absolute Gasteiger partial charge is 0.303 e. The molecule has 2 bridgehead atoms. The number of hydrogen-bond acceptors (Lipinski definition) is 6. The van der Waals surface area contributed by atoms with Gasteiger partial charge in [0.25, 0.3) is 5.91 Å². The summed E-state index contributed by atoms with van der Waals surface area (Å²) in [5.74, 6) is 0.766. The van der Waals surface area contributed by atoms with Crippen molar-refractivity contribution in [1.29, 1.82) is 0 Å². The van der Waals surface area contributed by atoms with Crippen molar-refractivity contribution in [3.63, 3.8) is 0 Å². The third-order valence-electron chi connectivity index (χ3n) is 13.0. The maximum absolute atomic E-state index is 15.3. The minimum Gasteiger partial charge on any atom is -0.497 e. The van der Waals surface area contributed by atoms with Crippen molar-refractivity contribution in [1.82, 2.24) is 23.4 Å².